The third-order valence-electron chi connectivity index (χ3n) is 2.97. The molecule has 0 spiro atoms. The second-order valence-electron chi connectivity index (χ2n) is 4.49. The summed E-state index contributed by atoms with van der Waals surface area (Å²) in [5, 5.41) is 0.738. The van der Waals surface area contributed by atoms with Gasteiger partial charge in [0.15, 0.2) is 0 Å². The molecule has 0 saturated heterocycles. The van der Waals surface area contributed by atoms with Gasteiger partial charge in [0.25, 0.3) is 5.91 Å². The van der Waals surface area contributed by atoms with Crippen molar-refractivity contribution in [1.29, 1.82) is 0 Å². The minimum atomic E-state index is -0.434. The molecule has 0 bridgehead atoms. The maximum Gasteiger partial charge on any atom is 0.253 e. The van der Waals surface area contributed by atoms with Crippen LogP contribution in [0.3, 0.4) is 0 Å². The van der Waals surface area contributed by atoms with Gasteiger partial charge < -0.3 is 4.90 Å². The zero-order valence-electron chi connectivity index (χ0n) is 11.0. The molecule has 0 radical (unpaired) electrons. The Morgan fingerprint density at radius 3 is 2.57 bits per heavy atom. The Kier molecular flexibility index (Phi) is 5.25. The zero-order valence-corrected chi connectivity index (χ0v) is 14.1. The van der Waals surface area contributed by atoms with E-state index in [2.05, 4.69) is 15.9 Å². The fraction of sp³-hybridized carbons (Fsp3) is 0.133. The first kappa shape index (κ1) is 16.3. The van der Waals surface area contributed by atoms with Gasteiger partial charge in [0.05, 0.1) is 5.02 Å². The van der Waals surface area contributed by atoms with E-state index in [0.717, 1.165) is 0 Å². The standard InChI is InChI=1S/C15H11BrCl2FNO/c1-20(8-10-12(17)3-2-4-14(10)19)15(21)9-5-6-11(16)13(18)7-9/h2-7H,8H2,1H3. The van der Waals surface area contributed by atoms with E-state index in [1.165, 1.54) is 17.0 Å². The molecule has 6 heteroatoms. The third-order valence-corrected chi connectivity index (χ3v) is 4.56. The van der Waals surface area contributed by atoms with Crippen molar-refractivity contribution in [2.24, 2.45) is 0 Å². The van der Waals surface area contributed by atoms with Crippen LogP contribution in [0.2, 0.25) is 10.0 Å². The molecular formula is C15H11BrCl2FNO. The lowest BCUT2D eigenvalue weighted by Crippen LogP contribution is -2.26. The Morgan fingerprint density at radius 2 is 1.95 bits per heavy atom. The average Bonchev–Trinajstić information content (AvgIpc) is 2.45. The van der Waals surface area contributed by atoms with Gasteiger partial charge in [0.1, 0.15) is 5.82 Å². The highest BCUT2D eigenvalue weighted by Gasteiger charge is 2.16. The molecule has 0 aromatic heterocycles. The van der Waals surface area contributed by atoms with Gasteiger partial charge in [0, 0.05) is 34.2 Å². The van der Waals surface area contributed by atoms with Gasteiger partial charge in [-0.25, -0.2) is 4.39 Å². The molecule has 0 atom stereocenters. The summed E-state index contributed by atoms with van der Waals surface area (Å²) < 4.78 is 14.5. The van der Waals surface area contributed by atoms with Crippen molar-refractivity contribution in [3.05, 3.63) is 67.9 Å². The summed E-state index contributed by atoms with van der Waals surface area (Å²) in [6, 6.07) is 9.34. The van der Waals surface area contributed by atoms with Crippen LogP contribution in [0, 0.1) is 5.82 Å². The molecule has 0 N–H and O–H groups in total. The SMILES string of the molecule is CN(Cc1c(F)cccc1Cl)C(=O)c1ccc(Br)c(Cl)c1. The van der Waals surface area contributed by atoms with Crippen molar-refractivity contribution in [2.45, 2.75) is 6.54 Å². The third kappa shape index (κ3) is 3.76. The van der Waals surface area contributed by atoms with Gasteiger partial charge in [-0.3, -0.25) is 4.79 Å². The molecule has 1 amide bonds. The van der Waals surface area contributed by atoms with Crippen LogP contribution in [0.1, 0.15) is 15.9 Å². The summed E-state index contributed by atoms with van der Waals surface area (Å²) >= 11 is 15.2. The average molecular weight is 391 g/mol. The molecule has 2 rings (SSSR count). The number of carbonyl (C=O) groups is 1. The lowest BCUT2D eigenvalue weighted by atomic mass is 10.1. The van der Waals surface area contributed by atoms with Crippen LogP contribution in [0.15, 0.2) is 40.9 Å². The molecule has 0 saturated carbocycles. The van der Waals surface area contributed by atoms with Crippen molar-refractivity contribution in [3.8, 4) is 0 Å². The first-order valence-corrected chi connectivity index (χ1v) is 7.58. The van der Waals surface area contributed by atoms with Crippen molar-refractivity contribution in [1.82, 2.24) is 4.90 Å². The number of carbonyl (C=O) groups excluding carboxylic acids is 1. The largest absolute Gasteiger partial charge is 0.337 e. The van der Waals surface area contributed by atoms with E-state index in [4.69, 9.17) is 23.2 Å². The molecule has 0 heterocycles. The van der Waals surface area contributed by atoms with Crippen LogP contribution in [0.4, 0.5) is 4.39 Å². The number of amides is 1. The summed E-state index contributed by atoms with van der Waals surface area (Å²) in [5.41, 5.74) is 0.719. The number of benzene rings is 2. The van der Waals surface area contributed by atoms with Crippen LogP contribution in [-0.4, -0.2) is 17.9 Å². The summed E-state index contributed by atoms with van der Waals surface area (Å²) in [6.07, 6.45) is 0. The van der Waals surface area contributed by atoms with Crippen LogP contribution >= 0.6 is 39.1 Å². The summed E-state index contributed by atoms with van der Waals surface area (Å²) in [7, 11) is 1.58. The minimum absolute atomic E-state index is 0.0814. The monoisotopic (exact) mass is 389 g/mol. The number of nitrogens with zero attached hydrogens (tertiary/aromatic N) is 1. The van der Waals surface area contributed by atoms with E-state index >= 15 is 0 Å². The molecule has 0 aliphatic carbocycles. The summed E-state index contributed by atoms with van der Waals surface area (Å²) in [5.74, 6) is -0.695. The Hall–Kier alpha value is -1.10. The molecule has 0 aliphatic rings. The second-order valence-corrected chi connectivity index (χ2v) is 6.16. The van der Waals surface area contributed by atoms with E-state index in [0.29, 0.717) is 25.6 Å². The van der Waals surface area contributed by atoms with Crippen molar-refractivity contribution in [3.63, 3.8) is 0 Å². The molecule has 2 aromatic rings. The molecule has 2 aromatic carbocycles. The fourth-order valence-electron chi connectivity index (χ4n) is 1.84. The fourth-order valence-corrected chi connectivity index (χ4v) is 2.49. The topological polar surface area (TPSA) is 20.3 Å². The van der Waals surface area contributed by atoms with Crippen LogP contribution in [-0.2, 0) is 6.54 Å². The van der Waals surface area contributed by atoms with Crippen LogP contribution in [0.5, 0.6) is 0 Å². The lowest BCUT2D eigenvalue weighted by Gasteiger charge is -2.18. The zero-order chi connectivity index (χ0) is 15.6. The van der Waals surface area contributed by atoms with E-state index in [1.54, 1.807) is 31.3 Å². The Balaban J connectivity index is 2.21. The van der Waals surface area contributed by atoms with Gasteiger partial charge in [-0.2, -0.15) is 0 Å². The Labute approximate surface area is 140 Å². The van der Waals surface area contributed by atoms with E-state index < -0.39 is 5.82 Å². The Bertz CT molecular complexity index is 673. The van der Waals surface area contributed by atoms with Gasteiger partial charge in [0.2, 0.25) is 0 Å². The van der Waals surface area contributed by atoms with Gasteiger partial charge in [-0.15, -0.1) is 0 Å². The molecule has 21 heavy (non-hydrogen) atoms. The highest BCUT2D eigenvalue weighted by atomic mass is 79.9. The first-order valence-electron chi connectivity index (χ1n) is 6.03. The summed E-state index contributed by atoms with van der Waals surface area (Å²) in [6.45, 7) is 0.0814. The highest BCUT2D eigenvalue weighted by Crippen LogP contribution is 2.25. The maximum absolute atomic E-state index is 13.7. The molecule has 110 valence electrons. The number of halogens is 4. The molecule has 0 unspecified atom stereocenters. The predicted molar refractivity (Wildman–Crippen MR) is 86.4 cm³/mol. The Morgan fingerprint density at radius 1 is 1.24 bits per heavy atom. The van der Waals surface area contributed by atoms with E-state index in [-0.39, 0.29) is 12.5 Å². The smallest absolute Gasteiger partial charge is 0.253 e. The van der Waals surface area contributed by atoms with Crippen molar-refractivity contribution >= 4 is 45.0 Å². The highest BCUT2D eigenvalue weighted by molar-refractivity contribution is 9.10. The van der Waals surface area contributed by atoms with Crippen molar-refractivity contribution in [2.75, 3.05) is 7.05 Å². The van der Waals surface area contributed by atoms with Crippen LogP contribution < -0.4 is 0 Å². The number of hydrogen-bond acceptors (Lipinski definition) is 1. The minimum Gasteiger partial charge on any atom is -0.337 e. The van der Waals surface area contributed by atoms with Crippen LogP contribution in [0.25, 0.3) is 0 Å². The quantitative estimate of drug-likeness (QED) is 0.708. The molecule has 2 nitrogen and oxygen atoms in total. The predicted octanol–water partition coefficient (Wildman–Crippen LogP) is 5.17. The second kappa shape index (κ2) is 6.77. The summed E-state index contributed by atoms with van der Waals surface area (Å²) in [4.78, 5) is 13.7. The molecule has 0 aliphatic heterocycles. The lowest BCUT2D eigenvalue weighted by molar-refractivity contribution is 0.0784. The first-order chi connectivity index (χ1) is 9.90. The number of hydrogen-bond donors (Lipinski definition) is 0. The molecular weight excluding hydrogens is 380 g/mol. The van der Waals surface area contributed by atoms with E-state index in [9.17, 15) is 9.18 Å². The van der Waals surface area contributed by atoms with E-state index in [1.807, 2.05) is 0 Å². The maximum atomic E-state index is 13.7. The molecule has 0 fully saturated rings. The van der Waals surface area contributed by atoms with Gasteiger partial charge >= 0.3 is 0 Å². The van der Waals surface area contributed by atoms with Gasteiger partial charge in [-0.1, -0.05) is 29.3 Å². The number of rotatable bonds is 3. The normalized spacial score (nSPS) is 10.5. The van der Waals surface area contributed by atoms with Crippen molar-refractivity contribution < 1.29 is 9.18 Å². The van der Waals surface area contributed by atoms with Gasteiger partial charge in [-0.05, 0) is 46.3 Å².